The van der Waals surface area contributed by atoms with Crippen molar-refractivity contribution in [3.05, 3.63) is 43.8 Å². The Hall–Kier alpha value is -0.770. The van der Waals surface area contributed by atoms with Crippen LogP contribution in [0.15, 0.2) is 36.5 Å². The van der Waals surface area contributed by atoms with Crippen LogP contribution >= 0.6 is 45.2 Å². The summed E-state index contributed by atoms with van der Waals surface area (Å²) in [5.41, 5.74) is 2.69. The van der Waals surface area contributed by atoms with E-state index in [9.17, 15) is 0 Å². The van der Waals surface area contributed by atoms with Crippen LogP contribution in [0.2, 0.25) is 0 Å². The van der Waals surface area contributed by atoms with Crippen molar-refractivity contribution in [2.24, 2.45) is 0 Å². The fourth-order valence-electron chi connectivity index (χ4n) is 1.62. The summed E-state index contributed by atoms with van der Waals surface area (Å²) in [5.74, 6) is 0. The van der Waals surface area contributed by atoms with Crippen molar-refractivity contribution < 1.29 is 0 Å². The van der Waals surface area contributed by atoms with Crippen LogP contribution in [0.1, 0.15) is 0 Å². The van der Waals surface area contributed by atoms with Gasteiger partial charge in [0.1, 0.15) is 14.9 Å². The lowest BCUT2D eigenvalue weighted by Gasteiger charge is -1.99. The lowest BCUT2D eigenvalue weighted by atomic mass is 10.2. The van der Waals surface area contributed by atoms with Gasteiger partial charge in [-0.2, -0.15) is 0 Å². The number of rotatable bonds is 1. The Morgan fingerprint density at radius 2 is 1.94 bits per heavy atom. The van der Waals surface area contributed by atoms with Crippen LogP contribution in [0, 0.1) is 7.27 Å². The molecule has 0 spiro atoms. The van der Waals surface area contributed by atoms with Gasteiger partial charge in [-0.1, -0.05) is 11.3 Å². The van der Waals surface area contributed by atoms with Crippen molar-refractivity contribution in [3.63, 3.8) is 0 Å². The minimum absolute atomic E-state index is 0.827. The fraction of sp³-hybridized carbons (Fsp3) is 0. The number of pyridine rings is 2. The lowest BCUT2D eigenvalue weighted by Crippen LogP contribution is -1.90. The third-order valence-corrected chi connectivity index (χ3v) is 3.82. The zero-order chi connectivity index (χ0) is 11.8. The molecule has 3 heterocycles. The Morgan fingerprint density at radius 1 is 1.06 bits per heavy atom. The van der Waals surface area contributed by atoms with Crippen LogP contribution in [-0.4, -0.2) is 19.8 Å². The Balaban J connectivity index is 2.31. The van der Waals surface area contributed by atoms with E-state index < -0.39 is 0 Å². The second kappa shape index (κ2) is 4.48. The highest BCUT2D eigenvalue weighted by Crippen LogP contribution is 2.24. The highest BCUT2D eigenvalue weighted by molar-refractivity contribution is 14.1. The third kappa shape index (κ3) is 2.03. The first-order valence-corrected chi connectivity index (χ1v) is 7.04. The number of nitrogens with zero attached hydrogens (tertiary/aromatic N) is 4. The first kappa shape index (κ1) is 11.3. The molecule has 0 N–H and O–H groups in total. The highest BCUT2D eigenvalue weighted by Gasteiger charge is 2.12. The Labute approximate surface area is 125 Å². The van der Waals surface area contributed by atoms with E-state index in [2.05, 4.69) is 60.5 Å². The molecule has 17 heavy (non-hydrogen) atoms. The molecule has 6 heteroatoms. The predicted molar refractivity (Wildman–Crippen MR) is 81.7 cm³/mol. The largest absolute Gasteiger partial charge is 0.240 e. The minimum atomic E-state index is 0.827. The Kier molecular flexibility index (Phi) is 2.99. The molecule has 3 aromatic heterocycles. The van der Waals surface area contributed by atoms with Gasteiger partial charge in [0.05, 0.1) is 5.69 Å². The van der Waals surface area contributed by atoms with Gasteiger partial charge >= 0.3 is 0 Å². The predicted octanol–water partition coefficient (Wildman–Crippen LogP) is 3.00. The first-order chi connectivity index (χ1) is 8.25. The smallest absolute Gasteiger partial charge is 0.140 e. The van der Waals surface area contributed by atoms with Gasteiger partial charge in [-0.25, -0.2) is 9.50 Å². The van der Waals surface area contributed by atoms with E-state index >= 15 is 0 Å². The quantitative estimate of drug-likeness (QED) is 0.425. The van der Waals surface area contributed by atoms with Crippen molar-refractivity contribution in [3.8, 4) is 11.4 Å². The summed E-state index contributed by atoms with van der Waals surface area (Å²) in [4.78, 5) is 4.47. The van der Waals surface area contributed by atoms with Crippen molar-refractivity contribution in [1.82, 2.24) is 19.8 Å². The molecule has 0 aliphatic heterocycles. The van der Waals surface area contributed by atoms with Crippen molar-refractivity contribution in [2.45, 2.75) is 0 Å². The number of hydrogen-bond donors (Lipinski definition) is 0. The summed E-state index contributed by atoms with van der Waals surface area (Å²) < 4.78 is 3.84. The molecule has 0 bridgehead atoms. The van der Waals surface area contributed by atoms with Crippen LogP contribution in [0.4, 0.5) is 0 Å². The molecule has 0 aliphatic carbocycles. The Morgan fingerprint density at radius 3 is 2.76 bits per heavy atom. The average Bonchev–Trinajstić information content (AvgIpc) is 2.74. The standard InChI is InChI=1S/C11H6I2N4/c12-7-3-2-6-17-11(7)10(15-16-17)8-4-1-5-9(13)14-8/h1-6H. The summed E-state index contributed by atoms with van der Waals surface area (Å²) in [6.07, 6.45) is 1.89. The maximum absolute atomic E-state index is 4.47. The number of aromatic nitrogens is 4. The topological polar surface area (TPSA) is 43.1 Å². The van der Waals surface area contributed by atoms with Crippen molar-refractivity contribution >= 4 is 50.7 Å². The maximum atomic E-state index is 4.47. The van der Waals surface area contributed by atoms with Gasteiger partial charge in [-0.15, -0.1) is 5.10 Å². The van der Waals surface area contributed by atoms with Crippen LogP contribution in [-0.2, 0) is 0 Å². The fourth-order valence-corrected chi connectivity index (χ4v) is 2.80. The van der Waals surface area contributed by atoms with Gasteiger partial charge < -0.3 is 0 Å². The molecule has 0 radical (unpaired) electrons. The average molecular weight is 448 g/mol. The summed E-state index contributed by atoms with van der Waals surface area (Å²) in [6.45, 7) is 0. The summed E-state index contributed by atoms with van der Waals surface area (Å²) in [7, 11) is 0. The van der Waals surface area contributed by atoms with Crippen molar-refractivity contribution in [2.75, 3.05) is 0 Å². The molecule has 0 unspecified atom stereocenters. The van der Waals surface area contributed by atoms with Crippen LogP contribution < -0.4 is 0 Å². The molecular formula is C11H6I2N4. The number of hydrogen-bond acceptors (Lipinski definition) is 3. The monoisotopic (exact) mass is 448 g/mol. The molecule has 3 aromatic rings. The van der Waals surface area contributed by atoms with Crippen LogP contribution in [0.25, 0.3) is 16.9 Å². The molecule has 0 aliphatic rings. The molecule has 3 rings (SSSR count). The second-order valence-electron chi connectivity index (χ2n) is 3.43. The van der Waals surface area contributed by atoms with Crippen LogP contribution in [0.5, 0.6) is 0 Å². The summed E-state index contributed by atoms with van der Waals surface area (Å²) in [6, 6.07) is 9.88. The highest BCUT2D eigenvalue weighted by atomic mass is 127. The maximum Gasteiger partial charge on any atom is 0.140 e. The molecular weight excluding hydrogens is 442 g/mol. The molecule has 0 amide bonds. The molecule has 0 fully saturated rings. The molecule has 84 valence electrons. The lowest BCUT2D eigenvalue weighted by molar-refractivity contribution is 0.855. The SMILES string of the molecule is Ic1cccc(-c2nnn3cccc(I)c23)n1. The van der Waals surface area contributed by atoms with Gasteiger partial charge in [-0.05, 0) is 69.4 Å². The van der Waals surface area contributed by atoms with E-state index in [0.29, 0.717) is 0 Å². The van der Waals surface area contributed by atoms with Gasteiger partial charge in [0.2, 0.25) is 0 Å². The zero-order valence-corrected chi connectivity index (χ0v) is 12.8. The second-order valence-corrected chi connectivity index (χ2v) is 5.70. The van der Waals surface area contributed by atoms with Crippen molar-refractivity contribution in [1.29, 1.82) is 0 Å². The van der Waals surface area contributed by atoms with E-state index in [1.54, 1.807) is 4.52 Å². The summed E-state index contributed by atoms with van der Waals surface area (Å²) in [5, 5.41) is 8.31. The third-order valence-electron chi connectivity index (χ3n) is 2.35. The van der Waals surface area contributed by atoms with Gasteiger partial charge in [0.15, 0.2) is 0 Å². The summed E-state index contributed by atoms with van der Waals surface area (Å²) >= 11 is 4.48. The molecule has 0 aromatic carbocycles. The Bertz CT molecular complexity index is 693. The molecule has 0 saturated carbocycles. The molecule has 4 nitrogen and oxygen atoms in total. The van der Waals surface area contributed by atoms with Crippen LogP contribution in [0.3, 0.4) is 0 Å². The van der Waals surface area contributed by atoms with E-state index in [4.69, 9.17) is 0 Å². The van der Waals surface area contributed by atoms with Gasteiger partial charge in [0, 0.05) is 9.77 Å². The first-order valence-electron chi connectivity index (χ1n) is 4.88. The van der Waals surface area contributed by atoms with Gasteiger partial charge in [0.25, 0.3) is 0 Å². The number of fused-ring (bicyclic) bond motifs is 1. The zero-order valence-electron chi connectivity index (χ0n) is 8.51. The van der Waals surface area contributed by atoms with E-state index in [0.717, 1.165) is 24.2 Å². The minimum Gasteiger partial charge on any atom is -0.240 e. The van der Waals surface area contributed by atoms with Gasteiger partial charge in [-0.3, -0.25) is 0 Å². The molecule has 0 saturated heterocycles. The van der Waals surface area contributed by atoms with E-state index in [1.165, 1.54) is 0 Å². The molecule has 0 atom stereocenters. The normalized spacial score (nSPS) is 10.9. The van der Waals surface area contributed by atoms with E-state index in [-0.39, 0.29) is 0 Å². The van der Waals surface area contributed by atoms with E-state index in [1.807, 2.05) is 36.5 Å². The number of halogens is 2.